The van der Waals surface area contributed by atoms with Crippen LogP contribution in [0.1, 0.15) is 11.5 Å². The maximum absolute atomic E-state index is 13.3. The molecular formula is C22H12F4N4O3S. The van der Waals surface area contributed by atoms with Crippen molar-refractivity contribution in [1.29, 1.82) is 0 Å². The maximum atomic E-state index is 13.3. The second kappa shape index (κ2) is 8.06. The molecule has 0 spiro atoms. The summed E-state index contributed by atoms with van der Waals surface area (Å²) in [5.74, 6) is -0.656. The first kappa shape index (κ1) is 21.8. The van der Waals surface area contributed by atoms with E-state index >= 15 is 0 Å². The van der Waals surface area contributed by atoms with E-state index in [4.69, 9.17) is 4.52 Å². The molecule has 3 heterocycles. The lowest BCUT2D eigenvalue weighted by atomic mass is 10.1. The second-order valence-electron chi connectivity index (χ2n) is 7.21. The molecule has 0 aliphatic rings. The first-order valence-corrected chi connectivity index (χ1v) is 10.6. The Morgan fingerprint density at radius 1 is 1.03 bits per heavy atom. The standard InChI is InChI=1S/C22H12F4N4O3S/c23-14-4-6-15(7-5-14)30-20(31)18-16(8-9-34-18)29(21(30)32)11-17-27-19(28-33-17)12-2-1-3-13(10-12)22(24,25)26/h1-10H,11H2. The fourth-order valence-electron chi connectivity index (χ4n) is 3.46. The first-order chi connectivity index (χ1) is 16.2. The van der Waals surface area contributed by atoms with Crippen molar-refractivity contribution in [1.82, 2.24) is 19.3 Å². The molecule has 0 saturated heterocycles. The van der Waals surface area contributed by atoms with Gasteiger partial charge in [0, 0.05) is 5.56 Å². The van der Waals surface area contributed by atoms with Crippen LogP contribution in [-0.4, -0.2) is 19.3 Å². The third kappa shape index (κ3) is 3.81. The lowest BCUT2D eigenvalue weighted by Gasteiger charge is -2.10. The Morgan fingerprint density at radius 2 is 1.79 bits per heavy atom. The van der Waals surface area contributed by atoms with Crippen LogP contribution in [0.5, 0.6) is 0 Å². The highest BCUT2D eigenvalue weighted by Crippen LogP contribution is 2.31. The quantitative estimate of drug-likeness (QED) is 0.349. The van der Waals surface area contributed by atoms with Crippen LogP contribution in [0.2, 0.25) is 0 Å². The van der Waals surface area contributed by atoms with Gasteiger partial charge in [0.15, 0.2) is 0 Å². The summed E-state index contributed by atoms with van der Waals surface area (Å²) in [6.07, 6.45) is -4.53. The number of benzene rings is 2. The molecule has 0 atom stereocenters. The van der Waals surface area contributed by atoms with E-state index in [1.165, 1.54) is 28.8 Å². The summed E-state index contributed by atoms with van der Waals surface area (Å²) in [7, 11) is 0. The van der Waals surface area contributed by atoms with Gasteiger partial charge in [0.1, 0.15) is 17.1 Å². The molecule has 0 amide bonds. The zero-order chi connectivity index (χ0) is 24.0. The van der Waals surface area contributed by atoms with Crippen molar-refractivity contribution in [2.45, 2.75) is 12.7 Å². The van der Waals surface area contributed by atoms with Crippen molar-refractivity contribution in [3.63, 3.8) is 0 Å². The number of aromatic nitrogens is 4. The minimum atomic E-state index is -4.53. The molecule has 172 valence electrons. The van der Waals surface area contributed by atoms with Crippen molar-refractivity contribution < 1.29 is 22.1 Å². The minimum Gasteiger partial charge on any atom is -0.337 e. The number of thiophene rings is 1. The van der Waals surface area contributed by atoms with E-state index in [-0.39, 0.29) is 34.2 Å². The van der Waals surface area contributed by atoms with Gasteiger partial charge in [-0.15, -0.1) is 11.3 Å². The van der Waals surface area contributed by atoms with Crippen LogP contribution in [0, 0.1) is 5.82 Å². The predicted molar refractivity (Wildman–Crippen MR) is 115 cm³/mol. The Morgan fingerprint density at radius 3 is 2.53 bits per heavy atom. The van der Waals surface area contributed by atoms with Crippen LogP contribution >= 0.6 is 11.3 Å². The lowest BCUT2D eigenvalue weighted by Crippen LogP contribution is -2.38. The third-order valence-corrected chi connectivity index (χ3v) is 5.94. The van der Waals surface area contributed by atoms with E-state index in [0.29, 0.717) is 5.52 Å². The molecule has 0 N–H and O–H groups in total. The molecule has 0 aliphatic heterocycles. The number of hydrogen-bond acceptors (Lipinski definition) is 6. The van der Waals surface area contributed by atoms with E-state index in [1.54, 1.807) is 11.4 Å². The Balaban J connectivity index is 1.58. The summed E-state index contributed by atoms with van der Waals surface area (Å²) in [6.45, 7) is -0.237. The molecule has 0 saturated carbocycles. The van der Waals surface area contributed by atoms with Crippen LogP contribution in [0.4, 0.5) is 17.6 Å². The zero-order valence-electron chi connectivity index (χ0n) is 16.9. The monoisotopic (exact) mass is 488 g/mol. The van der Waals surface area contributed by atoms with E-state index in [2.05, 4.69) is 10.1 Å². The van der Waals surface area contributed by atoms with Crippen molar-refractivity contribution in [3.8, 4) is 17.1 Å². The highest BCUT2D eigenvalue weighted by molar-refractivity contribution is 7.17. The van der Waals surface area contributed by atoms with Gasteiger partial charge in [0.05, 0.1) is 16.8 Å². The topological polar surface area (TPSA) is 82.9 Å². The van der Waals surface area contributed by atoms with Crippen molar-refractivity contribution in [3.05, 3.63) is 98.1 Å². The van der Waals surface area contributed by atoms with Gasteiger partial charge in [-0.1, -0.05) is 17.3 Å². The van der Waals surface area contributed by atoms with Crippen LogP contribution in [0.3, 0.4) is 0 Å². The van der Waals surface area contributed by atoms with Gasteiger partial charge in [-0.3, -0.25) is 9.36 Å². The summed E-state index contributed by atoms with van der Waals surface area (Å²) >= 11 is 1.12. The zero-order valence-corrected chi connectivity index (χ0v) is 17.7. The van der Waals surface area contributed by atoms with Gasteiger partial charge >= 0.3 is 11.9 Å². The average Bonchev–Trinajstić information content (AvgIpc) is 3.48. The molecule has 5 aromatic rings. The Labute approximate surface area is 191 Å². The number of hydrogen-bond donors (Lipinski definition) is 0. The molecule has 0 fully saturated rings. The number of halogens is 4. The predicted octanol–water partition coefficient (Wildman–Crippen LogP) is 4.47. The van der Waals surface area contributed by atoms with Gasteiger partial charge in [-0.05, 0) is 47.8 Å². The van der Waals surface area contributed by atoms with Crippen molar-refractivity contribution in [2.75, 3.05) is 0 Å². The van der Waals surface area contributed by atoms with Crippen LogP contribution < -0.4 is 11.2 Å². The Bertz CT molecular complexity index is 1630. The highest BCUT2D eigenvalue weighted by Gasteiger charge is 2.31. The largest absolute Gasteiger partial charge is 0.416 e. The van der Waals surface area contributed by atoms with Crippen molar-refractivity contribution >= 4 is 21.6 Å². The molecule has 2 aromatic carbocycles. The van der Waals surface area contributed by atoms with Gasteiger partial charge < -0.3 is 4.52 Å². The molecule has 0 unspecified atom stereocenters. The van der Waals surface area contributed by atoms with E-state index in [1.807, 2.05) is 0 Å². The fourth-order valence-corrected chi connectivity index (χ4v) is 4.29. The number of rotatable bonds is 4. The smallest absolute Gasteiger partial charge is 0.337 e. The lowest BCUT2D eigenvalue weighted by molar-refractivity contribution is -0.137. The third-order valence-electron chi connectivity index (χ3n) is 5.05. The molecule has 12 heteroatoms. The second-order valence-corrected chi connectivity index (χ2v) is 8.13. The molecule has 34 heavy (non-hydrogen) atoms. The van der Waals surface area contributed by atoms with Gasteiger partial charge in [-0.25, -0.2) is 13.8 Å². The fraction of sp³-hybridized carbons (Fsp3) is 0.0909. The molecule has 7 nitrogen and oxygen atoms in total. The minimum absolute atomic E-state index is 0.0497. The summed E-state index contributed by atoms with van der Waals surface area (Å²) in [5, 5.41) is 5.37. The number of nitrogens with zero attached hydrogens (tertiary/aromatic N) is 4. The SMILES string of the molecule is O=c1c2sccc2n(Cc2nc(-c3cccc(C(F)(F)F)c3)no2)c(=O)n1-c1ccc(F)cc1. The van der Waals surface area contributed by atoms with Gasteiger partial charge in [0.25, 0.3) is 5.56 Å². The highest BCUT2D eigenvalue weighted by atomic mass is 32.1. The van der Waals surface area contributed by atoms with Gasteiger partial charge in [0.2, 0.25) is 11.7 Å². The molecule has 0 bridgehead atoms. The molecule has 0 aliphatic carbocycles. The summed E-state index contributed by atoms with van der Waals surface area (Å²) < 4.78 is 60.0. The Kier molecular flexibility index (Phi) is 5.16. The van der Waals surface area contributed by atoms with E-state index in [9.17, 15) is 27.2 Å². The first-order valence-electron chi connectivity index (χ1n) is 9.71. The summed E-state index contributed by atoms with van der Waals surface area (Å²) in [6, 6.07) is 10.9. The van der Waals surface area contributed by atoms with E-state index < -0.39 is 28.8 Å². The number of fused-ring (bicyclic) bond motifs is 1. The molecule has 3 aromatic heterocycles. The molecule has 0 radical (unpaired) electrons. The summed E-state index contributed by atoms with van der Waals surface area (Å²) in [5.41, 5.74) is -1.55. The number of alkyl halides is 3. The maximum Gasteiger partial charge on any atom is 0.416 e. The average molecular weight is 488 g/mol. The summed E-state index contributed by atoms with van der Waals surface area (Å²) in [4.78, 5) is 30.3. The molecule has 5 rings (SSSR count). The normalized spacial score (nSPS) is 11.9. The Hall–Kier alpha value is -4.06. The van der Waals surface area contributed by atoms with Gasteiger partial charge in [-0.2, -0.15) is 18.2 Å². The van der Waals surface area contributed by atoms with Crippen LogP contribution in [0.15, 0.2) is 74.1 Å². The van der Waals surface area contributed by atoms with Crippen molar-refractivity contribution in [2.24, 2.45) is 0 Å². The molecular weight excluding hydrogens is 476 g/mol. The van der Waals surface area contributed by atoms with Crippen LogP contribution in [0.25, 0.3) is 27.3 Å². The van der Waals surface area contributed by atoms with Crippen LogP contribution in [-0.2, 0) is 12.7 Å². The van der Waals surface area contributed by atoms with E-state index in [0.717, 1.165) is 40.2 Å².